The zero-order chi connectivity index (χ0) is 21.0. The maximum absolute atomic E-state index is 13.2. The highest BCUT2D eigenvalue weighted by atomic mass is 35.5. The van der Waals surface area contributed by atoms with Gasteiger partial charge in [0, 0.05) is 36.3 Å². The highest BCUT2D eigenvalue weighted by Crippen LogP contribution is 2.26. The molecule has 6 nitrogen and oxygen atoms in total. The lowest BCUT2D eigenvalue weighted by Crippen LogP contribution is -2.41. The van der Waals surface area contributed by atoms with E-state index in [2.05, 4.69) is 5.32 Å². The van der Waals surface area contributed by atoms with Crippen molar-refractivity contribution in [3.8, 4) is 11.5 Å². The van der Waals surface area contributed by atoms with Crippen LogP contribution in [0.15, 0.2) is 36.4 Å². The van der Waals surface area contributed by atoms with Crippen molar-refractivity contribution in [2.75, 3.05) is 32.6 Å². The van der Waals surface area contributed by atoms with Crippen LogP contribution >= 0.6 is 11.6 Å². The number of nitrogens with one attached hydrogen (secondary N) is 1. The molecular formula is C21H22ClFN2O4. The second-order valence-corrected chi connectivity index (χ2v) is 7.19. The highest BCUT2D eigenvalue weighted by molar-refractivity contribution is 6.31. The summed E-state index contributed by atoms with van der Waals surface area (Å²) in [6.07, 6.45) is 1.07. The fraction of sp³-hybridized carbons (Fsp3) is 0.333. The molecule has 1 aliphatic rings. The average Bonchev–Trinajstić information content (AvgIpc) is 2.75. The predicted molar refractivity (Wildman–Crippen MR) is 108 cm³/mol. The van der Waals surface area contributed by atoms with Gasteiger partial charge in [-0.2, -0.15) is 0 Å². The zero-order valence-corrected chi connectivity index (χ0v) is 17.0. The van der Waals surface area contributed by atoms with E-state index in [9.17, 15) is 14.0 Å². The summed E-state index contributed by atoms with van der Waals surface area (Å²) in [7, 11) is 3.06. The number of hydrogen-bond acceptors (Lipinski definition) is 4. The number of hydrogen-bond donors (Lipinski definition) is 1. The third kappa shape index (κ3) is 4.98. The minimum Gasteiger partial charge on any atom is -0.497 e. The van der Waals surface area contributed by atoms with Crippen LogP contribution in [0, 0.1) is 11.7 Å². The van der Waals surface area contributed by atoms with Crippen molar-refractivity contribution in [3.05, 3.63) is 52.8 Å². The molecule has 0 radical (unpaired) electrons. The second-order valence-electron chi connectivity index (χ2n) is 6.79. The van der Waals surface area contributed by atoms with Crippen LogP contribution in [0.4, 0.5) is 10.1 Å². The van der Waals surface area contributed by atoms with E-state index in [-0.39, 0.29) is 22.8 Å². The lowest BCUT2D eigenvalue weighted by molar-refractivity contribution is -0.121. The van der Waals surface area contributed by atoms with Crippen LogP contribution in [-0.4, -0.2) is 44.0 Å². The number of benzene rings is 2. The number of ether oxygens (including phenoxy) is 2. The van der Waals surface area contributed by atoms with E-state index in [4.69, 9.17) is 21.1 Å². The molecule has 0 unspecified atom stereocenters. The number of nitrogens with zero attached hydrogens (tertiary/aromatic N) is 1. The Morgan fingerprint density at radius 1 is 1.07 bits per heavy atom. The van der Waals surface area contributed by atoms with Gasteiger partial charge in [-0.05, 0) is 43.2 Å². The van der Waals surface area contributed by atoms with Gasteiger partial charge in [-0.15, -0.1) is 0 Å². The summed E-state index contributed by atoms with van der Waals surface area (Å²) in [6, 6.07) is 9.10. The normalized spacial score (nSPS) is 14.4. The zero-order valence-electron chi connectivity index (χ0n) is 16.2. The topological polar surface area (TPSA) is 67.9 Å². The van der Waals surface area contributed by atoms with Gasteiger partial charge >= 0.3 is 0 Å². The molecule has 1 N–H and O–H groups in total. The summed E-state index contributed by atoms with van der Waals surface area (Å²) in [5.74, 6) is 0.0161. The molecule has 8 heteroatoms. The Morgan fingerprint density at radius 3 is 2.24 bits per heavy atom. The second kappa shape index (κ2) is 9.13. The van der Waals surface area contributed by atoms with E-state index in [1.165, 1.54) is 32.4 Å². The van der Waals surface area contributed by atoms with Crippen molar-refractivity contribution in [1.82, 2.24) is 4.90 Å². The molecule has 0 bridgehead atoms. The molecule has 1 heterocycles. The van der Waals surface area contributed by atoms with Crippen molar-refractivity contribution in [2.45, 2.75) is 12.8 Å². The van der Waals surface area contributed by atoms with E-state index in [1.807, 2.05) is 0 Å². The molecule has 29 heavy (non-hydrogen) atoms. The Kier molecular flexibility index (Phi) is 6.59. The molecule has 2 amide bonds. The van der Waals surface area contributed by atoms with E-state index in [0.29, 0.717) is 48.7 Å². The first-order valence-corrected chi connectivity index (χ1v) is 9.57. The quantitative estimate of drug-likeness (QED) is 0.794. The first kappa shape index (κ1) is 20.9. The lowest BCUT2D eigenvalue weighted by Gasteiger charge is -2.31. The van der Waals surface area contributed by atoms with Crippen LogP contribution in [0.3, 0.4) is 0 Å². The summed E-state index contributed by atoms with van der Waals surface area (Å²) < 4.78 is 23.7. The number of rotatable bonds is 5. The molecule has 0 atom stereocenters. The number of carbonyl (C=O) groups excluding carboxylic acids is 2. The van der Waals surface area contributed by atoms with Gasteiger partial charge < -0.3 is 19.7 Å². The largest absolute Gasteiger partial charge is 0.497 e. The van der Waals surface area contributed by atoms with Crippen LogP contribution in [0.5, 0.6) is 11.5 Å². The number of methoxy groups -OCH3 is 2. The van der Waals surface area contributed by atoms with Crippen molar-refractivity contribution in [3.63, 3.8) is 0 Å². The number of piperidine rings is 1. The van der Waals surface area contributed by atoms with Gasteiger partial charge in [-0.1, -0.05) is 11.6 Å². The maximum atomic E-state index is 13.2. The van der Waals surface area contributed by atoms with Crippen LogP contribution in [-0.2, 0) is 4.79 Å². The Bertz CT molecular complexity index is 891. The first-order chi connectivity index (χ1) is 13.9. The molecule has 2 aromatic carbocycles. The molecule has 1 fully saturated rings. The van der Waals surface area contributed by atoms with Crippen LogP contribution in [0.1, 0.15) is 23.2 Å². The molecule has 2 aromatic rings. The minimum absolute atomic E-state index is 0.0445. The van der Waals surface area contributed by atoms with Crippen molar-refractivity contribution >= 4 is 29.1 Å². The lowest BCUT2D eigenvalue weighted by atomic mass is 9.95. The molecule has 0 saturated carbocycles. The average molecular weight is 421 g/mol. The molecule has 1 aliphatic heterocycles. The van der Waals surface area contributed by atoms with Gasteiger partial charge in [0.25, 0.3) is 5.91 Å². The van der Waals surface area contributed by atoms with Crippen molar-refractivity contribution < 1.29 is 23.5 Å². The molecule has 3 rings (SSSR count). The highest BCUT2D eigenvalue weighted by Gasteiger charge is 2.28. The number of likely N-dealkylation sites (tertiary alicyclic amines) is 1. The fourth-order valence-corrected chi connectivity index (χ4v) is 3.46. The van der Waals surface area contributed by atoms with Crippen LogP contribution in [0.2, 0.25) is 5.02 Å². The van der Waals surface area contributed by atoms with Crippen molar-refractivity contribution in [1.29, 1.82) is 0 Å². The summed E-state index contributed by atoms with van der Waals surface area (Å²) in [5, 5.41) is 2.71. The molecule has 0 spiro atoms. The number of carbonyl (C=O) groups is 2. The summed E-state index contributed by atoms with van der Waals surface area (Å²) in [6.45, 7) is 0.918. The van der Waals surface area contributed by atoms with E-state index >= 15 is 0 Å². The van der Waals surface area contributed by atoms with Gasteiger partial charge in [0.1, 0.15) is 17.3 Å². The van der Waals surface area contributed by atoms with Crippen LogP contribution < -0.4 is 14.8 Å². The van der Waals surface area contributed by atoms with Crippen LogP contribution in [0.25, 0.3) is 0 Å². The van der Waals surface area contributed by atoms with Gasteiger partial charge in [0.2, 0.25) is 5.91 Å². The monoisotopic (exact) mass is 420 g/mol. The number of amides is 2. The van der Waals surface area contributed by atoms with E-state index < -0.39 is 5.82 Å². The molecular weight excluding hydrogens is 399 g/mol. The third-order valence-corrected chi connectivity index (χ3v) is 5.23. The Morgan fingerprint density at radius 2 is 1.69 bits per heavy atom. The van der Waals surface area contributed by atoms with Crippen molar-refractivity contribution in [2.24, 2.45) is 5.92 Å². The molecule has 0 aromatic heterocycles. The van der Waals surface area contributed by atoms with Gasteiger partial charge in [0.15, 0.2) is 0 Å². The molecule has 0 aliphatic carbocycles. The molecule has 1 saturated heterocycles. The maximum Gasteiger partial charge on any atom is 0.254 e. The first-order valence-electron chi connectivity index (χ1n) is 9.19. The summed E-state index contributed by atoms with van der Waals surface area (Å²) in [4.78, 5) is 27.0. The number of anilines is 1. The van der Waals surface area contributed by atoms with E-state index in [1.54, 1.807) is 23.1 Å². The standard InChI is InChI=1S/C21H22ClFN2O4/c1-28-16-9-14(10-17(12-16)29-2)21(27)25-7-5-13(6-8-25)20(26)24-15-3-4-19(23)18(22)11-15/h3-4,9-13H,5-8H2,1-2H3,(H,24,26). The number of halogens is 2. The Balaban J connectivity index is 1.60. The minimum atomic E-state index is -0.536. The fourth-order valence-electron chi connectivity index (χ4n) is 3.28. The van der Waals surface area contributed by atoms with Gasteiger partial charge in [-0.25, -0.2) is 4.39 Å². The third-order valence-electron chi connectivity index (χ3n) is 4.94. The van der Waals surface area contributed by atoms with E-state index in [0.717, 1.165) is 0 Å². The SMILES string of the molecule is COc1cc(OC)cc(C(=O)N2CCC(C(=O)Nc3ccc(F)c(Cl)c3)CC2)c1. The summed E-state index contributed by atoms with van der Waals surface area (Å²) in [5.41, 5.74) is 0.924. The summed E-state index contributed by atoms with van der Waals surface area (Å²) >= 11 is 5.75. The smallest absolute Gasteiger partial charge is 0.254 e. The van der Waals surface area contributed by atoms with Gasteiger partial charge in [-0.3, -0.25) is 9.59 Å². The Labute approximate surface area is 173 Å². The Hall–Kier alpha value is -2.80. The molecule has 154 valence electrons. The van der Waals surface area contributed by atoms with Gasteiger partial charge in [0.05, 0.1) is 19.2 Å². The predicted octanol–water partition coefficient (Wildman–Crippen LogP) is 3.99.